The van der Waals surface area contributed by atoms with Crippen molar-refractivity contribution in [2.24, 2.45) is 5.41 Å². The molecule has 0 bridgehead atoms. The van der Waals surface area contributed by atoms with E-state index in [-0.39, 0.29) is 35.5 Å². The van der Waals surface area contributed by atoms with E-state index in [1.807, 2.05) is 6.92 Å². The average Bonchev–Trinajstić information content (AvgIpc) is 3.13. The van der Waals surface area contributed by atoms with Crippen LogP contribution in [0.5, 0.6) is 0 Å². The van der Waals surface area contributed by atoms with E-state index in [9.17, 15) is 19.7 Å². The highest BCUT2D eigenvalue weighted by molar-refractivity contribution is 5.78. The summed E-state index contributed by atoms with van der Waals surface area (Å²) >= 11 is 0. The number of piperidine rings is 1. The Balaban J connectivity index is 1.79. The maximum absolute atomic E-state index is 12.5. The minimum Gasteiger partial charge on any atom is -0.469 e. The summed E-state index contributed by atoms with van der Waals surface area (Å²) in [5.74, 6) is -0.233. The van der Waals surface area contributed by atoms with Gasteiger partial charge < -0.3 is 14.4 Å². The molecular formula is C20H26N2O6. The molecule has 8 heteroatoms. The molecule has 2 aliphatic rings. The predicted octanol–water partition coefficient (Wildman–Crippen LogP) is 2.83. The van der Waals surface area contributed by atoms with Gasteiger partial charge in [-0.3, -0.25) is 19.7 Å². The Morgan fingerprint density at radius 3 is 2.86 bits per heavy atom. The summed E-state index contributed by atoms with van der Waals surface area (Å²) in [6.07, 6.45) is 2.38. The lowest BCUT2D eigenvalue weighted by molar-refractivity contribution is -0.385. The number of amides is 1. The normalized spacial score (nSPS) is 26.8. The maximum Gasteiger partial charge on any atom is 0.305 e. The molecule has 1 amide bonds. The third kappa shape index (κ3) is 3.87. The van der Waals surface area contributed by atoms with Crippen LogP contribution < -0.4 is 0 Å². The molecule has 0 radical (unpaired) electrons. The summed E-state index contributed by atoms with van der Waals surface area (Å²) in [4.78, 5) is 36.8. The van der Waals surface area contributed by atoms with Crippen molar-refractivity contribution in [1.29, 1.82) is 0 Å². The number of fused-ring (bicyclic) bond motifs is 1. The van der Waals surface area contributed by atoms with Gasteiger partial charge in [-0.2, -0.15) is 0 Å². The molecular weight excluding hydrogens is 364 g/mol. The van der Waals surface area contributed by atoms with Crippen LogP contribution in [0, 0.1) is 15.5 Å². The number of nitro benzene ring substituents is 1. The van der Waals surface area contributed by atoms with Gasteiger partial charge in [0.15, 0.2) is 0 Å². The van der Waals surface area contributed by atoms with Gasteiger partial charge in [0.05, 0.1) is 18.1 Å². The van der Waals surface area contributed by atoms with E-state index >= 15 is 0 Å². The van der Waals surface area contributed by atoms with Gasteiger partial charge in [0.2, 0.25) is 5.91 Å². The van der Waals surface area contributed by atoms with Crippen molar-refractivity contribution in [3.63, 3.8) is 0 Å². The monoisotopic (exact) mass is 390 g/mol. The first kappa shape index (κ1) is 20.3. The second-order valence-corrected chi connectivity index (χ2v) is 7.54. The van der Waals surface area contributed by atoms with Gasteiger partial charge in [-0.05, 0) is 19.3 Å². The fourth-order valence-electron chi connectivity index (χ4n) is 4.39. The number of methoxy groups -OCH3 is 1. The highest BCUT2D eigenvalue weighted by Gasteiger charge is 2.52. The third-order valence-corrected chi connectivity index (χ3v) is 6.08. The van der Waals surface area contributed by atoms with E-state index in [0.29, 0.717) is 37.8 Å². The maximum atomic E-state index is 12.5. The fourth-order valence-corrected chi connectivity index (χ4v) is 4.39. The summed E-state index contributed by atoms with van der Waals surface area (Å²) in [7, 11) is 1.37. The molecule has 1 aromatic carbocycles. The van der Waals surface area contributed by atoms with E-state index in [0.717, 1.165) is 6.42 Å². The van der Waals surface area contributed by atoms with Crippen LogP contribution in [0.2, 0.25) is 0 Å². The highest BCUT2D eigenvalue weighted by atomic mass is 16.6. The predicted molar refractivity (Wildman–Crippen MR) is 100 cm³/mol. The first-order valence-electron chi connectivity index (χ1n) is 9.64. The summed E-state index contributed by atoms with van der Waals surface area (Å²) in [5.41, 5.74) is 0.357. The number of benzene rings is 1. The van der Waals surface area contributed by atoms with Crippen LogP contribution in [0.15, 0.2) is 24.3 Å². The van der Waals surface area contributed by atoms with Crippen molar-refractivity contribution >= 4 is 17.6 Å². The third-order valence-electron chi connectivity index (χ3n) is 6.08. The fraction of sp³-hybridized carbons (Fsp3) is 0.600. The van der Waals surface area contributed by atoms with Crippen molar-refractivity contribution < 1.29 is 24.0 Å². The van der Waals surface area contributed by atoms with Gasteiger partial charge in [-0.1, -0.05) is 25.1 Å². The minimum atomic E-state index is -0.406. The number of nitrogens with zero attached hydrogens (tertiary/aromatic N) is 2. The lowest BCUT2D eigenvalue weighted by Crippen LogP contribution is -2.52. The van der Waals surface area contributed by atoms with Crippen molar-refractivity contribution in [2.75, 3.05) is 13.7 Å². The molecule has 0 N–H and O–H groups in total. The Labute approximate surface area is 163 Å². The van der Waals surface area contributed by atoms with Crippen LogP contribution in [-0.2, 0) is 25.5 Å². The molecule has 8 nitrogen and oxygen atoms in total. The van der Waals surface area contributed by atoms with E-state index in [2.05, 4.69) is 0 Å². The SMILES string of the molecule is CCC1(CCC(=O)OC)CCC(=O)N2CC(Cc3ccccc3[N+](=O)[O-])OC21. The first-order valence-corrected chi connectivity index (χ1v) is 9.64. The van der Waals surface area contributed by atoms with E-state index < -0.39 is 11.2 Å². The number of esters is 1. The standard InChI is InChI=1S/C20H26N2O6/c1-3-20(11-9-18(24)27-2)10-8-17(23)21-13-15(28-19(20)21)12-14-6-4-5-7-16(14)22(25)26/h4-7,15,19H,3,8-13H2,1-2H3. The topological polar surface area (TPSA) is 99.0 Å². The summed E-state index contributed by atoms with van der Waals surface area (Å²) in [5, 5.41) is 11.3. The second kappa shape index (κ2) is 8.26. The van der Waals surface area contributed by atoms with Crippen molar-refractivity contribution in [1.82, 2.24) is 4.90 Å². The van der Waals surface area contributed by atoms with Gasteiger partial charge in [0.1, 0.15) is 6.23 Å². The van der Waals surface area contributed by atoms with Crippen LogP contribution in [0.3, 0.4) is 0 Å². The summed E-state index contributed by atoms with van der Waals surface area (Å²) in [6.45, 7) is 2.46. The van der Waals surface area contributed by atoms with Crippen LogP contribution >= 0.6 is 0 Å². The molecule has 2 saturated heterocycles. The van der Waals surface area contributed by atoms with Crippen molar-refractivity contribution in [3.8, 4) is 0 Å². The zero-order chi connectivity index (χ0) is 20.3. The summed E-state index contributed by atoms with van der Waals surface area (Å²) < 4.78 is 11.1. The molecule has 0 aromatic heterocycles. The Morgan fingerprint density at radius 2 is 2.18 bits per heavy atom. The van der Waals surface area contributed by atoms with Gasteiger partial charge in [0.25, 0.3) is 5.69 Å². The minimum absolute atomic E-state index is 0.0391. The molecule has 1 aromatic rings. The Kier molecular flexibility index (Phi) is 5.98. The number of ether oxygens (including phenoxy) is 2. The molecule has 3 atom stereocenters. The van der Waals surface area contributed by atoms with Crippen molar-refractivity contribution in [3.05, 3.63) is 39.9 Å². The Hall–Kier alpha value is -2.48. The zero-order valence-corrected chi connectivity index (χ0v) is 16.3. The zero-order valence-electron chi connectivity index (χ0n) is 16.3. The molecule has 2 heterocycles. The number of rotatable bonds is 7. The molecule has 0 spiro atoms. The van der Waals surface area contributed by atoms with E-state index in [4.69, 9.17) is 9.47 Å². The molecule has 0 aliphatic carbocycles. The Bertz CT molecular complexity index is 767. The van der Waals surface area contributed by atoms with E-state index in [1.54, 1.807) is 23.1 Å². The smallest absolute Gasteiger partial charge is 0.305 e. The molecule has 2 aliphatic heterocycles. The number of nitro groups is 1. The lowest BCUT2D eigenvalue weighted by Gasteiger charge is -2.45. The number of carbonyl (C=O) groups is 2. The number of hydrogen-bond donors (Lipinski definition) is 0. The van der Waals surface area contributed by atoms with Gasteiger partial charge in [-0.15, -0.1) is 0 Å². The molecule has 0 saturated carbocycles. The van der Waals surface area contributed by atoms with Gasteiger partial charge in [-0.25, -0.2) is 0 Å². The largest absolute Gasteiger partial charge is 0.469 e. The lowest BCUT2D eigenvalue weighted by atomic mass is 9.72. The number of hydrogen-bond acceptors (Lipinski definition) is 6. The van der Waals surface area contributed by atoms with Crippen LogP contribution in [0.25, 0.3) is 0 Å². The van der Waals surface area contributed by atoms with Crippen molar-refractivity contribution in [2.45, 2.75) is 57.8 Å². The number of para-hydroxylation sites is 1. The highest BCUT2D eigenvalue weighted by Crippen LogP contribution is 2.47. The van der Waals surface area contributed by atoms with Crippen LogP contribution in [0.1, 0.15) is 44.6 Å². The average molecular weight is 390 g/mol. The second-order valence-electron chi connectivity index (χ2n) is 7.54. The first-order chi connectivity index (χ1) is 13.4. The quantitative estimate of drug-likeness (QED) is 0.403. The Morgan fingerprint density at radius 1 is 1.43 bits per heavy atom. The summed E-state index contributed by atoms with van der Waals surface area (Å²) in [6, 6.07) is 6.61. The van der Waals surface area contributed by atoms with Crippen LogP contribution in [-0.4, -0.2) is 47.7 Å². The molecule has 28 heavy (non-hydrogen) atoms. The molecule has 2 fully saturated rings. The molecule has 3 unspecified atom stereocenters. The molecule has 3 rings (SSSR count). The van der Waals surface area contributed by atoms with Gasteiger partial charge >= 0.3 is 5.97 Å². The number of carbonyl (C=O) groups excluding carboxylic acids is 2. The van der Waals surface area contributed by atoms with Gasteiger partial charge in [0, 0.05) is 42.9 Å². The molecule has 152 valence electrons. The van der Waals surface area contributed by atoms with E-state index in [1.165, 1.54) is 13.2 Å². The van der Waals surface area contributed by atoms with Crippen LogP contribution in [0.4, 0.5) is 5.69 Å².